The van der Waals surface area contributed by atoms with Crippen molar-refractivity contribution in [2.24, 2.45) is 5.92 Å². The van der Waals surface area contributed by atoms with Crippen LogP contribution in [0.3, 0.4) is 0 Å². The number of carbonyl (C=O) groups is 2. The van der Waals surface area contributed by atoms with Crippen LogP contribution in [0.15, 0.2) is 24.3 Å². The molecule has 0 aromatic heterocycles. The Morgan fingerprint density at radius 2 is 1.88 bits per heavy atom. The number of benzene rings is 1. The molecule has 0 aliphatic carbocycles. The molecule has 1 saturated heterocycles. The zero-order valence-electron chi connectivity index (χ0n) is 15.7. The lowest BCUT2D eigenvalue weighted by atomic mass is 9.97. The Balaban J connectivity index is 1.70. The van der Waals surface area contributed by atoms with Gasteiger partial charge in [0.2, 0.25) is 0 Å². The van der Waals surface area contributed by atoms with E-state index in [0.717, 1.165) is 37.2 Å². The molecule has 6 nitrogen and oxygen atoms in total. The van der Waals surface area contributed by atoms with Crippen LogP contribution in [-0.2, 0) is 0 Å². The van der Waals surface area contributed by atoms with E-state index < -0.39 is 0 Å². The zero-order valence-corrected chi connectivity index (χ0v) is 15.7. The highest BCUT2D eigenvalue weighted by Gasteiger charge is 2.25. The van der Waals surface area contributed by atoms with Crippen LogP contribution in [-0.4, -0.2) is 42.1 Å². The molecule has 0 bridgehead atoms. The van der Waals surface area contributed by atoms with Crippen molar-refractivity contribution in [2.45, 2.75) is 46.1 Å². The zero-order chi connectivity index (χ0) is 18.4. The predicted molar refractivity (Wildman–Crippen MR) is 101 cm³/mol. The van der Waals surface area contributed by atoms with Crippen LogP contribution in [0.2, 0.25) is 0 Å². The number of urea groups is 2. The number of nitrogens with one attached hydrogen (secondary N) is 3. The highest BCUT2D eigenvalue weighted by molar-refractivity contribution is 5.89. The number of nitrogens with zero attached hydrogens (tertiary/aromatic N) is 1. The molecular formula is C19H30N4O2. The maximum Gasteiger partial charge on any atom is 0.319 e. The van der Waals surface area contributed by atoms with Gasteiger partial charge in [-0.1, -0.05) is 12.1 Å². The van der Waals surface area contributed by atoms with E-state index in [4.69, 9.17) is 0 Å². The van der Waals surface area contributed by atoms with Gasteiger partial charge in [0.1, 0.15) is 0 Å². The van der Waals surface area contributed by atoms with Crippen molar-refractivity contribution in [3.8, 4) is 0 Å². The topological polar surface area (TPSA) is 73.5 Å². The second-order valence-electron chi connectivity index (χ2n) is 7.82. The molecule has 0 atom stereocenters. The van der Waals surface area contributed by atoms with Gasteiger partial charge in [-0.3, -0.25) is 0 Å². The average Bonchev–Trinajstić information content (AvgIpc) is 2.52. The fourth-order valence-electron chi connectivity index (χ4n) is 2.88. The smallest absolute Gasteiger partial charge is 0.319 e. The monoisotopic (exact) mass is 346 g/mol. The van der Waals surface area contributed by atoms with Crippen LogP contribution in [0.4, 0.5) is 15.3 Å². The maximum atomic E-state index is 12.2. The minimum atomic E-state index is -0.219. The molecule has 1 aliphatic heterocycles. The third kappa shape index (κ3) is 6.64. The third-order valence-electron chi connectivity index (χ3n) is 4.21. The van der Waals surface area contributed by atoms with Crippen molar-refractivity contribution in [1.29, 1.82) is 0 Å². The summed E-state index contributed by atoms with van der Waals surface area (Å²) in [5.41, 5.74) is 1.69. The van der Waals surface area contributed by atoms with Crippen LogP contribution in [0.1, 0.15) is 39.2 Å². The Labute approximate surface area is 150 Å². The molecule has 25 heavy (non-hydrogen) atoms. The molecule has 1 aromatic rings. The van der Waals surface area contributed by atoms with E-state index in [1.165, 1.54) is 0 Å². The number of hydrogen-bond acceptors (Lipinski definition) is 2. The molecule has 0 saturated carbocycles. The standard InChI is InChI=1S/C19H30N4O2/c1-14-6-5-7-16(12-14)21-17(24)20-13-15-8-10-23(11-9-15)18(25)22-19(2,3)4/h5-7,12,15H,8-11,13H2,1-4H3,(H,22,25)(H2,20,21,24). The third-order valence-corrected chi connectivity index (χ3v) is 4.21. The first-order chi connectivity index (χ1) is 11.7. The van der Waals surface area contributed by atoms with E-state index in [1.807, 2.05) is 56.9 Å². The van der Waals surface area contributed by atoms with E-state index in [2.05, 4.69) is 16.0 Å². The summed E-state index contributed by atoms with van der Waals surface area (Å²) in [4.78, 5) is 26.0. The second-order valence-corrected chi connectivity index (χ2v) is 7.82. The molecule has 1 fully saturated rings. The minimum absolute atomic E-state index is 0.00361. The van der Waals surface area contributed by atoms with Gasteiger partial charge < -0.3 is 20.9 Å². The Morgan fingerprint density at radius 3 is 2.48 bits per heavy atom. The molecule has 0 unspecified atom stereocenters. The Hall–Kier alpha value is -2.24. The number of carbonyl (C=O) groups excluding carboxylic acids is 2. The summed E-state index contributed by atoms with van der Waals surface area (Å²) in [6.07, 6.45) is 1.81. The lowest BCUT2D eigenvalue weighted by Crippen LogP contribution is -2.51. The molecule has 1 aliphatic rings. The summed E-state index contributed by atoms with van der Waals surface area (Å²) in [7, 11) is 0. The SMILES string of the molecule is Cc1cccc(NC(=O)NCC2CCN(C(=O)NC(C)(C)C)CC2)c1. The molecule has 1 heterocycles. The highest BCUT2D eigenvalue weighted by atomic mass is 16.2. The number of anilines is 1. The first kappa shape index (κ1) is 19.1. The Kier molecular flexibility index (Phi) is 6.28. The minimum Gasteiger partial charge on any atom is -0.338 e. The van der Waals surface area contributed by atoms with Gasteiger partial charge in [0.25, 0.3) is 0 Å². The molecule has 1 aromatic carbocycles. The Morgan fingerprint density at radius 1 is 1.20 bits per heavy atom. The van der Waals surface area contributed by atoms with Crippen molar-refractivity contribution in [3.05, 3.63) is 29.8 Å². The molecule has 3 N–H and O–H groups in total. The Bertz CT molecular complexity index is 602. The quantitative estimate of drug-likeness (QED) is 0.785. The second kappa shape index (κ2) is 8.23. The molecule has 0 radical (unpaired) electrons. The lowest BCUT2D eigenvalue weighted by molar-refractivity contribution is 0.162. The van der Waals surface area contributed by atoms with Crippen molar-refractivity contribution in [1.82, 2.24) is 15.5 Å². The van der Waals surface area contributed by atoms with E-state index in [9.17, 15) is 9.59 Å². The van der Waals surface area contributed by atoms with E-state index in [-0.39, 0.29) is 17.6 Å². The molecular weight excluding hydrogens is 316 g/mol. The van der Waals surface area contributed by atoms with Crippen molar-refractivity contribution in [3.63, 3.8) is 0 Å². The van der Waals surface area contributed by atoms with E-state index >= 15 is 0 Å². The van der Waals surface area contributed by atoms with Gasteiger partial charge in [0.05, 0.1) is 0 Å². The number of likely N-dealkylation sites (tertiary alicyclic amines) is 1. The fourth-order valence-corrected chi connectivity index (χ4v) is 2.88. The fraction of sp³-hybridized carbons (Fsp3) is 0.579. The van der Waals surface area contributed by atoms with Crippen LogP contribution >= 0.6 is 0 Å². The van der Waals surface area contributed by atoms with Gasteiger partial charge in [-0.25, -0.2) is 9.59 Å². The maximum absolute atomic E-state index is 12.2. The largest absolute Gasteiger partial charge is 0.338 e. The summed E-state index contributed by atoms with van der Waals surface area (Å²) in [6.45, 7) is 10.0. The highest BCUT2D eigenvalue weighted by Crippen LogP contribution is 2.17. The van der Waals surface area contributed by atoms with Crippen LogP contribution in [0.25, 0.3) is 0 Å². The molecule has 4 amide bonds. The van der Waals surface area contributed by atoms with Gasteiger partial charge in [-0.2, -0.15) is 0 Å². The predicted octanol–water partition coefficient (Wildman–Crippen LogP) is 3.34. The van der Waals surface area contributed by atoms with Crippen LogP contribution < -0.4 is 16.0 Å². The van der Waals surface area contributed by atoms with Crippen molar-refractivity contribution >= 4 is 17.7 Å². The van der Waals surface area contributed by atoms with E-state index in [0.29, 0.717) is 12.5 Å². The van der Waals surface area contributed by atoms with E-state index in [1.54, 1.807) is 0 Å². The number of hydrogen-bond donors (Lipinski definition) is 3. The first-order valence-corrected chi connectivity index (χ1v) is 8.91. The number of rotatable bonds is 3. The molecule has 0 spiro atoms. The summed E-state index contributed by atoms with van der Waals surface area (Å²) in [6, 6.07) is 7.54. The van der Waals surface area contributed by atoms with Crippen molar-refractivity contribution in [2.75, 3.05) is 25.0 Å². The van der Waals surface area contributed by atoms with Gasteiger partial charge in [-0.15, -0.1) is 0 Å². The lowest BCUT2D eigenvalue weighted by Gasteiger charge is -2.34. The van der Waals surface area contributed by atoms with Gasteiger partial charge in [-0.05, 0) is 64.2 Å². The first-order valence-electron chi connectivity index (χ1n) is 8.91. The molecule has 138 valence electrons. The number of amides is 4. The van der Waals surface area contributed by atoms with Crippen LogP contribution in [0.5, 0.6) is 0 Å². The molecule has 2 rings (SSSR count). The van der Waals surface area contributed by atoms with Gasteiger partial charge >= 0.3 is 12.1 Å². The summed E-state index contributed by atoms with van der Waals surface area (Å²) in [5.74, 6) is 0.405. The normalized spacial score (nSPS) is 15.6. The average molecular weight is 346 g/mol. The summed E-state index contributed by atoms with van der Waals surface area (Å²) < 4.78 is 0. The summed E-state index contributed by atoms with van der Waals surface area (Å²) >= 11 is 0. The van der Waals surface area contributed by atoms with Crippen molar-refractivity contribution < 1.29 is 9.59 Å². The number of aryl methyl sites for hydroxylation is 1. The van der Waals surface area contributed by atoms with Gasteiger partial charge in [0, 0.05) is 30.9 Å². The summed E-state index contributed by atoms with van der Waals surface area (Å²) in [5, 5.41) is 8.78. The number of piperidine rings is 1. The molecule has 6 heteroatoms. The van der Waals surface area contributed by atoms with Gasteiger partial charge in [0.15, 0.2) is 0 Å². The van der Waals surface area contributed by atoms with Crippen LogP contribution in [0, 0.1) is 12.8 Å².